The van der Waals surface area contributed by atoms with Gasteiger partial charge < -0.3 is 33.9 Å². The second-order valence-corrected chi connectivity index (χ2v) is 8.39. The fourth-order valence-electron chi connectivity index (χ4n) is 4.54. The van der Waals surface area contributed by atoms with E-state index in [1.165, 1.54) is 21.3 Å². The van der Waals surface area contributed by atoms with E-state index in [0.29, 0.717) is 46.5 Å². The van der Waals surface area contributed by atoms with E-state index in [2.05, 4.69) is 5.32 Å². The van der Waals surface area contributed by atoms with E-state index in [9.17, 15) is 9.59 Å². The van der Waals surface area contributed by atoms with Crippen LogP contribution < -0.4 is 29.0 Å². The Morgan fingerprint density at radius 1 is 0.838 bits per heavy atom. The maximum Gasteiger partial charge on any atom is 0.255 e. The van der Waals surface area contributed by atoms with Gasteiger partial charge in [-0.2, -0.15) is 0 Å². The first-order valence-corrected chi connectivity index (χ1v) is 11.6. The van der Waals surface area contributed by atoms with Gasteiger partial charge in [-0.3, -0.25) is 9.59 Å². The summed E-state index contributed by atoms with van der Waals surface area (Å²) in [4.78, 5) is 28.4. The number of nitrogens with one attached hydrogen (secondary N) is 1. The van der Waals surface area contributed by atoms with Crippen LogP contribution in [0.25, 0.3) is 0 Å². The normalized spacial score (nSPS) is 13.0. The van der Waals surface area contributed by atoms with Crippen molar-refractivity contribution in [1.29, 1.82) is 0 Å². The van der Waals surface area contributed by atoms with Crippen molar-refractivity contribution in [3.05, 3.63) is 71.3 Å². The van der Waals surface area contributed by atoms with Gasteiger partial charge in [0.2, 0.25) is 11.7 Å². The number of nitrogens with zero attached hydrogens (tertiary/aromatic N) is 1. The molecule has 1 heterocycles. The van der Waals surface area contributed by atoms with Gasteiger partial charge in [0.05, 0.1) is 48.0 Å². The molecule has 0 aliphatic carbocycles. The smallest absolute Gasteiger partial charge is 0.255 e. The molecular weight excluding hydrogens is 476 g/mol. The number of rotatable bonds is 10. The van der Waals surface area contributed by atoms with Crippen LogP contribution in [-0.4, -0.2) is 52.3 Å². The molecule has 2 amide bonds. The minimum Gasteiger partial charge on any atom is -0.493 e. The van der Waals surface area contributed by atoms with Crippen LogP contribution in [0.1, 0.15) is 33.9 Å². The first-order chi connectivity index (χ1) is 17.9. The van der Waals surface area contributed by atoms with Gasteiger partial charge in [0, 0.05) is 29.9 Å². The zero-order valence-corrected chi connectivity index (χ0v) is 21.5. The van der Waals surface area contributed by atoms with Gasteiger partial charge >= 0.3 is 0 Å². The summed E-state index contributed by atoms with van der Waals surface area (Å²) in [5.74, 6) is 1.90. The van der Waals surface area contributed by atoms with Crippen molar-refractivity contribution in [2.75, 3.05) is 40.9 Å². The van der Waals surface area contributed by atoms with Gasteiger partial charge in [-0.25, -0.2) is 0 Å². The Kier molecular flexibility index (Phi) is 7.71. The molecule has 0 radical (unpaired) electrons. The molecule has 0 spiro atoms. The number of carbonyl (C=O) groups is 2. The van der Waals surface area contributed by atoms with Crippen molar-refractivity contribution >= 4 is 17.5 Å². The monoisotopic (exact) mass is 506 g/mol. The Balaban J connectivity index is 1.66. The molecule has 0 fully saturated rings. The highest BCUT2D eigenvalue weighted by atomic mass is 16.5. The van der Waals surface area contributed by atoms with Gasteiger partial charge in [0.15, 0.2) is 23.0 Å². The van der Waals surface area contributed by atoms with Gasteiger partial charge in [0.25, 0.3) is 5.91 Å². The molecule has 1 N–H and O–H groups in total. The maximum absolute atomic E-state index is 13.4. The molecule has 0 aromatic heterocycles. The Morgan fingerprint density at radius 3 is 2.08 bits per heavy atom. The third-order valence-electron chi connectivity index (χ3n) is 6.35. The lowest BCUT2D eigenvalue weighted by Gasteiger charge is -2.28. The van der Waals surface area contributed by atoms with Crippen LogP contribution in [0.15, 0.2) is 54.6 Å². The number of hydrogen-bond acceptors (Lipinski definition) is 7. The molecule has 1 aliphatic rings. The minimum atomic E-state index is -0.554. The molecule has 9 heteroatoms. The summed E-state index contributed by atoms with van der Waals surface area (Å²) in [5.41, 5.74) is 2.78. The summed E-state index contributed by atoms with van der Waals surface area (Å²) in [5, 5.41) is 2.91. The van der Waals surface area contributed by atoms with E-state index in [0.717, 1.165) is 11.1 Å². The van der Waals surface area contributed by atoms with Crippen LogP contribution in [-0.2, 0) is 11.3 Å². The second-order valence-electron chi connectivity index (χ2n) is 8.39. The topological polar surface area (TPSA) is 95.6 Å². The van der Waals surface area contributed by atoms with E-state index in [-0.39, 0.29) is 18.2 Å². The first kappa shape index (κ1) is 25.7. The largest absolute Gasteiger partial charge is 0.493 e. The van der Waals surface area contributed by atoms with Gasteiger partial charge in [0.1, 0.15) is 0 Å². The summed E-state index contributed by atoms with van der Waals surface area (Å²) < 4.78 is 27.0. The molecule has 3 aromatic rings. The summed E-state index contributed by atoms with van der Waals surface area (Å²) in [6, 6.07) is 15.6. The number of carbonyl (C=O) groups excluding carboxylic acids is 2. The van der Waals surface area contributed by atoms with E-state index in [4.69, 9.17) is 23.7 Å². The average Bonchev–Trinajstić information content (AvgIpc) is 3.26. The highest BCUT2D eigenvalue weighted by Gasteiger charge is 2.35. The first-order valence-electron chi connectivity index (χ1n) is 11.6. The highest BCUT2D eigenvalue weighted by Crippen LogP contribution is 2.41. The predicted molar refractivity (Wildman–Crippen MR) is 138 cm³/mol. The van der Waals surface area contributed by atoms with Crippen molar-refractivity contribution in [1.82, 2.24) is 4.90 Å². The molecule has 0 bridgehead atoms. The van der Waals surface area contributed by atoms with Crippen molar-refractivity contribution < 1.29 is 33.3 Å². The maximum atomic E-state index is 13.4. The van der Waals surface area contributed by atoms with Crippen LogP contribution >= 0.6 is 0 Å². The molecular formula is C28H30N2O7. The SMILES string of the molecule is COc1ccc([C@@H](CC(=O)Nc2cc(OC)c(OC)c(OC)c2)N2Cc3ccccc3C2=O)cc1OC. The van der Waals surface area contributed by atoms with E-state index < -0.39 is 6.04 Å². The number of fused-ring (bicyclic) bond motifs is 1. The fourth-order valence-corrected chi connectivity index (χ4v) is 4.54. The average molecular weight is 507 g/mol. The molecule has 0 saturated carbocycles. The number of methoxy groups -OCH3 is 5. The Labute approximate surface area is 215 Å². The van der Waals surface area contributed by atoms with Crippen LogP contribution in [0.4, 0.5) is 5.69 Å². The predicted octanol–water partition coefficient (Wildman–Crippen LogP) is 4.46. The zero-order chi connectivity index (χ0) is 26.5. The lowest BCUT2D eigenvalue weighted by atomic mass is 10.0. The summed E-state index contributed by atoms with van der Waals surface area (Å²) >= 11 is 0. The zero-order valence-electron chi connectivity index (χ0n) is 21.5. The van der Waals surface area contributed by atoms with Crippen LogP contribution in [0.2, 0.25) is 0 Å². The van der Waals surface area contributed by atoms with Gasteiger partial charge in [-0.15, -0.1) is 0 Å². The molecule has 1 aliphatic heterocycles. The molecule has 0 unspecified atom stereocenters. The minimum absolute atomic E-state index is 0.00583. The number of amides is 2. The molecule has 1 atom stereocenters. The van der Waals surface area contributed by atoms with E-state index in [1.807, 2.05) is 24.3 Å². The summed E-state index contributed by atoms with van der Waals surface area (Å²) in [6.45, 7) is 0.394. The molecule has 4 rings (SSSR count). The number of benzene rings is 3. The number of hydrogen-bond donors (Lipinski definition) is 1. The molecule has 0 saturated heterocycles. The van der Waals surface area contributed by atoms with Crippen LogP contribution in [0.3, 0.4) is 0 Å². The number of anilines is 1. The van der Waals surface area contributed by atoms with Crippen molar-refractivity contribution in [2.45, 2.75) is 19.0 Å². The lowest BCUT2D eigenvalue weighted by molar-refractivity contribution is -0.117. The van der Waals surface area contributed by atoms with Crippen LogP contribution in [0.5, 0.6) is 28.7 Å². The summed E-state index contributed by atoms with van der Waals surface area (Å²) in [6.07, 6.45) is 0.00583. The van der Waals surface area contributed by atoms with Crippen molar-refractivity contribution in [2.24, 2.45) is 0 Å². The second kappa shape index (κ2) is 11.1. The lowest BCUT2D eigenvalue weighted by Crippen LogP contribution is -2.32. The fraction of sp³-hybridized carbons (Fsp3) is 0.286. The third kappa shape index (κ3) is 5.11. The van der Waals surface area contributed by atoms with Crippen molar-refractivity contribution in [3.8, 4) is 28.7 Å². The Morgan fingerprint density at radius 2 is 1.49 bits per heavy atom. The highest BCUT2D eigenvalue weighted by molar-refractivity contribution is 5.99. The standard InChI is InChI=1S/C28H30N2O7/c1-33-22-11-10-17(12-23(22)34-2)21(30-16-18-8-6-7-9-20(18)28(30)32)15-26(31)29-19-13-24(35-3)27(37-5)25(14-19)36-4/h6-14,21H,15-16H2,1-5H3,(H,29,31)/t21-/m1/s1. The quantitative estimate of drug-likeness (QED) is 0.434. The van der Waals surface area contributed by atoms with Crippen LogP contribution in [0, 0.1) is 0 Å². The number of ether oxygens (including phenoxy) is 5. The van der Waals surface area contributed by atoms with Gasteiger partial charge in [-0.1, -0.05) is 24.3 Å². The molecule has 194 valence electrons. The molecule has 9 nitrogen and oxygen atoms in total. The Bertz CT molecular complexity index is 1280. The van der Waals surface area contributed by atoms with Crippen molar-refractivity contribution in [3.63, 3.8) is 0 Å². The summed E-state index contributed by atoms with van der Waals surface area (Å²) in [7, 11) is 7.63. The Hall–Kier alpha value is -4.40. The van der Waals surface area contributed by atoms with E-state index >= 15 is 0 Å². The van der Waals surface area contributed by atoms with Gasteiger partial charge in [-0.05, 0) is 29.3 Å². The molecule has 37 heavy (non-hydrogen) atoms. The molecule has 3 aromatic carbocycles. The van der Waals surface area contributed by atoms with E-state index in [1.54, 1.807) is 49.5 Å². The third-order valence-corrected chi connectivity index (χ3v) is 6.35.